The molecule has 11 heteroatoms. The van der Waals surface area contributed by atoms with E-state index < -0.39 is 29.8 Å². The fourth-order valence-electron chi connectivity index (χ4n) is 8.90. The number of H-pyrrole nitrogens is 2. The van der Waals surface area contributed by atoms with E-state index in [9.17, 15) is 24.0 Å². The number of aromatic nitrogens is 2. The highest BCUT2D eigenvalue weighted by Crippen LogP contribution is 2.31. The van der Waals surface area contributed by atoms with Crippen LogP contribution in [0.4, 0.5) is 4.79 Å². The van der Waals surface area contributed by atoms with Gasteiger partial charge < -0.3 is 29.8 Å². The van der Waals surface area contributed by atoms with Crippen molar-refractivity contribution in [2.24, 2.45) is 0 Å². The van der Waals surface area contributed by atoms with Gasteiger partial charge in [-0.25, -0.2) is 4.79 Å². The van der Waals surface area contributed by atoms with Crippen molar-refractivity contribution < 1.29 is 28.7 Å². The summed E-state index contributed by atoms with van der Waals surface area (Å²) in [6.07, 6.45) is 2.45. The number of rotatable bonds is 12. The van der Waals surface area contributed by atoms with Crippen molar-refractivity contribution in [2.75, 3.05) is 13.1 Å². The molecule has 8 rings (SSSR count). The quantitative estimate of drug-likeness (QED) is 0.113. The fraction of sp³-hybridized carbons (Fsp3) is 0.340. The summed E-state index contributed by atoms with van der Waals surface area (Å²) in [5, 5.41) is 4.69. The maximum absolute atomic E-state index is 14.1. The van der Waals surface area contributed by atoms with E-state index in [1.165, 1.54) is 0 Å². The van der Waals surface area contributed by atoms with Gasteiger partial charge in [0.05, 0.1) is 29.4 Å². The first-order valence-corrected chi connectivity index (χ1v) is 21.3. The van der Waals surface area contributed by atoms with Gasteiger partial charge in [0, 0.05) is 47.7 Å². The number of amides is 3. The number of hydrogen-bond acceptors (Lipinski definition) is 6. The van der Waals surface area contributed by atoms with Gasteiger partial charge in [-0.2, -0.15) is 0 Å². The monoisotopic (exact) mass is 819 g/mol. The number of ketones is 2. The predicted molar refractivity (Wildman–Crippen MR) is 236 cm³/mol. The Morgan fingerprint density at radius 3 is 1.62 bits per heavy atom. The number of aromatic amines is 2. The smallest absolute Gasteiger partial charge is 0.408 e. The van der Waals surface area contributed by atoms with E-state index in [2.05, 4.69) is 27.4 Å². The Kier molecular flexibility index (Phi) is 11.7. The van der Waals surface area contributed by atoms with E-state index in [0.29, 0.717) is 37.9 Å². The fourth-order valence-corrected chi connectivity index (χ4v) is 8.90. The van der Waals surface area contributed by atoms with Crippen LogP contribution in [0.3, 0.4) is 0 Å². The summed E-state index contributed by atoms with van der Waals surface area (Å²) in [5.74, 6) is -0.634. The third-order valence-corrected chi connectivity index (χ3v) is 11.9. The van der Waals surface area contributed by atoms with Crippen molar-refractivity contribution in [3.8, 4) is 11.4 Å². The Labute approximate surface area is 355 Å². The first-order chi connectivity index (χ1) is 29.3. The lowest BCUT2D eigenvalue weighted by molar-refractivity contribution is -0.139. The molecule has 6 aromatic rings. The van der Waals surface area contributed by atoms with E-state index in [0.717, 1.165) is 56.3 Å². The van der Waals surface area contributed by atoms with Crippen LogP contribution in [-0.4, -0.2) is 80.0 Å². The molecule has 1 unspecified atom stereocenters. The van der Waals surface area contributed by atoms with Gasteiger partial charge in [-0.3, -0.25) is 19.2 Å². The summed E-state index contributed by atoms with van der Waals surface area (Å²) in [5.41, 5.74) is 6.22. The predicted octanol–water partition coefficient (Wildman–Crippen LogP) is 8.59. The van der Waals surface area contributed by atoms with Gasteiger partial charge in [0.15, 0.2) is 11.6 Å². The number of carbonyl (C=O) groups excluding carboxylic acids is 5. The van der Waals surface area contributed by atoms with Crippen LogP contribution in [0.2, 0.25) is 0 Å². The minimum atomic E-state index is -0.994. The van der Waals surface area contributed by atoms with Crippen LogP contribution in [0.15, 0.2) is 109 Å². The Bertz CT molecular complexity index is 2590. The van der Waals surface area contributed by atoms with Crippen molar-refractivity contribution in [3.05, 3.63) is 131 Å². The van der Waals surface area contributed by atoms with Crippen LogP contribution in [0.5, 0.6) is 0 Å². The van der Waals surface area contributed by atoms with Crippen molar-refractivity contribution in [2.45, 2.75) is 95.9 Å². The molecule has 2 saturated heterocycles. The van der Waals surface area contributed by atoms with Gasteiger partial charge in [-0.15, -0.1) is 0 Å². The molecule has 4 atom stereocenters. The van der Waals surface area contributed by atoms with Crippen molar-refractivity contribution in [3.63, 3.8) is 0 Å². The Morgan fingerprint density at radius 1 is 0.656 bits per heavy atom. The molecule has 0 bridgehead atoms. The van der Waals surface area contributed by atoms with Crippen LogP contribution in [-0.2, 0) is 36.8 Å². The van der Waals surface area contributed by atoms with Gasteiger partial charge in [-0.05, 0) is 112 Å². The molecule has 0 aliphatic carbocycles. The molecular formula is C50H53N5O6. The number of nitrogens with one attached hydrogen (secondary N) is 3. The van der Waals surface area contributed by atoms with Gasteiger partial charge in [0.2, 0.25) is 5.91 Å². The molecule has 3 amide bonds. The van der Waals surface area contributed by atoms with Crippen LogP contribution in [0.25, 0.3) is 33.2 Å². The summed E-state index contributed by atoms with van der Waals surface area (Å²) in [4.78, 5) is 78.4. The van der Waals surface area contributed by atoms with Gasteiger partial charge in [0.1, 0.15) is 11.6 Å². The molecule has 61 heavy (non-hydrogen) atoms. The van der Waals surface area contributed by atoms with Gasteiger partial charge in [0.25, 0.3) is 5.91 Å². The topological polar surface area (TPSA) is 145 Å². The number of fused-ring (bicyclic) bond motifs is 2. The summed E-state index contributed by atoms with van der Waals surface area (Å²) in [6.45, 7) is 8.23. The van der Waals surface area contributed by atoms with E-state index in [4.69, 9.17) is 4.74 Å². The van der Waals surface area contributed by atoms with Crippen LogP contribution >= 0.6 is 0 Å². The molecule has 0 saturated carbocycles. The van der Waals surface area contributed by atoms with E-state index in [-0.39, 0.29) is 42.1 Å². The molecule has 314 valence electrons. The molecular weight excluding hydrogens is 767 g/mol. The largest absolute Gasteiger partial charge is 0.444 e. The normalized spacial score (nSPS) is 17.7. The lowest BCUT2D eigenvalue weighted by Crippen LogP contribution is -2.48. The number of nitrogens with zero attached hydrogens (tertiary/aromatic N) is 2. The second-order valence-electron chi connectivity index (χ2n) is 17.5. The van der Waals surface area contributed by atoms with Gasteiger partial charge >= 0.3 is 6.09 Å². The Balaban J connectivity index is 0.930. The second-order valence-corrected chi connectivity index (χ2v) is 17.5. The molecule has 2 fully saturated rings. The molecule has 3 N–H and O–H groups in total. The Hall–Kier alpha value is -6.49. The average Bonchev–Trinajstić information content (AvgIpc) is 4.08. The standard InChI is InChI=1S/C50H53N5O6/c1-31(34-13-7-5-8-14-34)47(58)54-23-11-17-42(54)44(56)27-32-19-21-38-36(25-32)29-40(51-38)41-30-37-26-33(20-22-39(37)52-41)28-45(57)43-18-12-24-55(43)48(59)46(35-15-9-6-10-16-35)53-49(60)61-50(2,3)4/h5-10,13-16,19-22,25-26,29-31,42-43,46,51-52H,11-12,17-18,23-24,27-28H2,1-4H3,(H,53,60)/t31-,42+,43?,46-/m1/s1. The zero-order valence-corrected chi connectivity index (χ0v) is 35.2. The van der Waals surface area contributed by atoms with Crippen LogP contribution in [0, 0.1) is 0 Å². The highest BCUT2D eigenvalue weighted by Gasteiger charge is 2.39. The number of Topliss-reactive ketones (excluding diaryl/α,β-unsaturated/α-hetero) is 2. The third kappa shape index (κ3) is 9.16. The highest BCUT2D eigenvalue weighted by atomic mass is 16.6. The average molecular weight is 820 g/mol. The van der Waals surface area contributed by atoms with Gasteiger partial charge in [-0.1, -0.05) is 72.8 Å². The van der Waals surface area contributed by atoms with Crippen molar-refractivity contribution in [1.29, 1.82) is 0 Å². The molecule has 2 aromatic heterocycles. The molecule has 2 aliphatic heterocycles. The van der Waals surface area contributed by atoms with E-state index in [1.807, 2.05) is 91.9 Å². The molecule has 4 heterocycles. The molecule has 0 spiro atoms. The minimum Gasteiger partial charge on any atom is -0.444 e. The van der Waals surface area contributed by atoms with Crippen molar-refractivity contribution >= 4 is 51.3 Å². The third-order valence-electron chi connectivity index (χ3n) is 11.9. The number of carbonyl (C=O) groups is 5. The number of likely N-dealkylation sites (tertiary alicyclic amines) is 2. The van der Waals surface area contributed by atoms with Crippen LogP contribution in [0.1, 0.15) is 87.6 Å². The maximum atomic E-state index is 14.1. The summed E-state index contributed by atoms with van der Waals surface area (Å²) in [7, 11) is 0. The first-order valence-electron chi connectivity index (χ1n) is 21.3. The molecule has 11 nitrogen and oxygen atoms in total. The number of alkyl carbamates (subject to hydrolysis) is 1. The summed E-state index contributed by atoms with van der Waals surface area (Å²) >= 11 is 0. The van der Waals surface area contributed by atoms with E-state index >= 15 is 0 Å². The summed E-state index contributed by atoms with van der Waals surface area (Å²) in [6, 6.07) is 32.8. The SMILES string of the molecule is C[C@@H](C(=O)N1CCC[C@H]1C(=O)Cc1ccc2[nH]c(-c3cc4cc(CC(=O)C5CCCN5C(=O)[C@H](NC(=O)OC(C)(C)C)c5ccccc5)ccc4[nH]3)cc2c1)c1ccccc1. The lowest BCUT2D eigenvalue weighted by Gasteiger charge is -2.29. The lowest BCUT2D eigenvalue weighted by atomic mass is 9.97. The van der Waals surface area contributed by atoms with Crippen molar-refractivity contribution in [1.82, 2.24) is 25.1 Å². The highest BCUT2D eigenvalue weighted by molar-refractivity contribution is 5.96. The zero-order chi connectivity index (χ0) is 42.8. The van der Waals surface area contributed by atoms with E-state index in [1.54, 1.807) is 42.7 Å². The minimum absolute atomic E-state index is 0.000504. The maximum Gasteiger partial charge on any atom is 0.408 e. The zero-order valence-electron chi connectivity index (χ0n) is 35.2. The Morgan fingerprint density at radius 2 is 1.13 bits per heavy atom. The number of ether oxygens (including phenoxy) is 1. The second kappa shape index (κ2) is 17.2. The first kappa shape index (κ1) is 41.3. The molecule has 2 aliphatic rings. The number of hydrogen-bond donors (Lipinski definition) is 3. The van der Waals surface area contributed by atoms with Crippen LogP contribution < -0.4 is 5.32 Å². The molecule has 0 radical (unpaired) electrons. The summed E-state index contributed by atoms with van der Waals surface area (Å²) < 4.78 is 5.48. The molecule has 4 aromatic carbocycles. The number of benzene rings is 4.